The number of para-hydroxylation sites is 1. The van der Waals surface area contributed by atoms with Gasteiger partial charge in [-0.15, -0.1) is 24.9 Å². The molecule has 1 N–H and O–H groups in total. The average Bonchev–Trinajstić information content (AvgIpc) is 3.57. The van der Waals surface area contributed by atoms with Gasteiger partial charge in [-0.3, -0.25) is 14.4 Å². The summed E-state index contributed by atoms with van der Waals surface area (Å²) in [6.07, 6.45) is 5.66. The van der Waals surface area contributed by atoms with E-state index in [4.69, 9.17) is 0 Å². The molecule has 0 aromatic heterocycles. The molecule has 3 aliphatic heterocycles. The van der Waals surface area contributed by atoms with Crippen LogP contribution < -0.4 is 4.90 Å². The molecule has 8 heteroatoms. The fraction of sp³-hybridized carbons (Fsp3) is 0.629. The molecule has 3 amide bonds. The molecule has 1 aromatic rings. The van der Waals surface area contributed by atoms with Gasteiger partial charge in [0, 0.05) is 29.6 Å². The van der Waals surface area contributed by atoms with E-state index in [1.807, 2.05) is 49.1 Å². The molecule has 4 rings (SSSR count). The van der Waals surface area contributed by atoms with Crippen molar-refractivity contribution >= 4 is 35.2 Å². The van der Waals surface area contributed by atoms with E-state index in [9.17, 15) is 14.7 Å². The Morgan fingerprint density at radius 3 is 2.26 bits per heavy atom. The molecule has 236 valence electrons. The molecule has 43 heavy (non-hydrogen) atoms. The first-order valence-corrected chi connectivity index (χ1v) is 16.5. The Labute approximate surface area is 262 Å². The van der Waals surface area contributed by atoms with Gasteiger partial charge in [-0.25, -0.2) is 0 Å². The van der Waals surface area contributed by atoms with Gasteiger partial charge in [-0.1, -0.05) is 65.0 Å². The van der Waals surface area contributed by atoms with Crippen LogP contribution in [0, 0.1) is 23.2 Å². The first kappa shape index (κ1) is 33.3. The number of likely N-dealkylation sites (tertiary alicyclic amines) is 1. The predicted molar refractivity (Wildman–Crippen MR) is 176 cm³/mol. The standard InChI is InChI=1S/C35H51N3O4S/c1-10-19-36(24-15-13-12-14-16-24)30(40)27-26-17-18-35(43-26)28(27)31(41)38(25(21-39)23(3)4)29(35)32(42)37(20-11-2)34(8,9)22-33(5,6)7/h10-16,23,25-29,39H,1-2,17-22H2,3-9H3/t25-,26+,27-,28-,29?,35?/m0/s1. The van der Waals surface area contributed by atoms with Crippen LogP contribution in [-0.4, -0.2) is 79.9 Å². The maximum Gasteiger partial charge on any atom is 0.247 e. The van der Waals surface area contributed by atoms with Crippen LogP contribution in [-0.2, 0) is 14.4 Å². The summed E-state index contributed by atoms with van der Waals surface area (Å²) < 4.78 is -0.741. The maximum atomic E-state index is 15.0. The number of aliphatic hydroxyl groups excluding tert-OH is 1. The van der Waals surface area contributed by atoms with Crippen molar-refractivity contribution in [3.63, 3.8) is 0 Å². The van der Waals surface area contributed by atoms with E-state index in [1.54, 1.807) is 33.7 Å². The topological polar surface area (TPSA) is 81.2 Å². The number of aliphatic hydroxyl groups is 1. The highest BCUT2D eigenvalue weighted by Crippen LogP contribution is 2.67. The number of amides is 3. The van der Waals surface area contributed by atoms with Gasteiger partial charge in [0.1, 0.15) is 6.04 Å². The molecule has 1 aromatic carbocycles. The first-order chi connectivity index (χ1) is 20.1. The highest BCUT2D eigenvalue weighted by Gasteiger charge is 2.75. The molecule has 0 aliphatic carbocycles. The number of benzene rings is 1. The highest BCUT2D eigenvalue weighted by atomic mass is 32.2. The summed E-state index contributed by atoms with van der Waals surface area (Å²) in [4.78, 5) is 49.5. The molecular weight excluding hydrogens is 558 g/mol. The van der Waals surface area contributed by atoms with E-state index >= 15 is 4.79 Å². The molecule has 7 nitrogen and oxygen atoms in total. The Hall–Kier alpha value is -2.58. The summed E-state index contributed by atoms with van der Waals surface area (Å²) in [5.74, 6) is -1.67. The van der Waals surface area contributed by atoms with E-state index in [-0.39, 0.29) is 40.9 Å². The van der Waals surface area contributed by atoms with E-state index in [1.165, 1.54) is 0 Å². The molecule has 2 bridgehead atoms. The maximum absolute atomic E-state index is 15.0. The number of thioether (sulfide) groups is 1. The lowest BCUT2D eigenvalue weighted by atomic mass is 9.70. The van der Waals surface area contributed by atoms with Gasteiger partial charge in [0.05, 0.1) is 29.2 Å². The number of rotatable bonds is 12. The Morgan fingerprint density at radius 2 is 1.72 bits per heavy atom. The minimum absolute atomic E-state index is 0.0368. The Bertz CT molecular complexity index is 1230. The fourth-order valence-electron chi connectivity index (χ4n) is 8.17. The zero-order valence-electron chi connectivity index (χ0n) is 27.1. The van der Waals surface area contributed by atoms with Crippen LogP contribution in [0.3, 0.4) is 0 Å². The molecule has 0 radical (unpaired) electrons. The number of hydrogen-bond donors (Lipinski definition) is 1. The number of anilines is 1. The van der Waals surface area contributed by atoms with Gasteiger partial charge in [0.2, 0.25) is 17.7 Å². The zero-order chi connectivity index (χ0) is 31.9. The molecule has 0 saturated carbocycles. The van der Waals surface area contributed by atoms with Crippen LogP contribution in [0.2, 0.25) is 0 Å². The molecular formula is C35H51N3O4S. The van der Waals surface area contributed by atoms with E-state index < -0.39 is 34.2 Å². The molecule has 3 aliphatic rings. The van der Waals surface area contributed by atoms with Gasteiger partial charge < -0.3 is 19.8 Å². The third-order valence-corrected chi connectivity index (χ3v) is 11.4. The lowest BCUT2D eigenvalue weighted by Crippen LogP contribution is -2.62. The summed E-state index contributed by atoms with van der Waals surface area (Å²) >= 11 is 1.67. The smallest absolute Gasteiger partial charge is 0.247 e. The monoisotopic (exact) mass is 609 g/mol. The Kier molecular flexibility index (Phi) is 9.63. The largest absolute Gasteiger partial charge is 0.394 e. The first-order valence-electron chi connectivity index (χ1n) is 15.7. The number of nitrogens with zero attached hydrogens (tertiary/aromatic N) is 3. The van der Waals surface area contributed by atoms with Crippen LogP contribution in [0.4, 0.5) is 5.69 Å². The molecule has 2 unspecified atom stereocenters. The highest BCUT2D eigenvalue weighted by molar-refractivity contribution is 8.02. The summed E-state index contributed by atoms with van der Waals surface area (Å²) in [5.41, 5.74) is 0.218. The van der Waals surface area contributed by atoms with E-state index in [0.717, 1.165) is 18.5 Å². The van der Waals surface area contributed by atoms with E-state index in [0.29, 0.717) is 19.5 Å². The van der Waals surface area contributed by atoms with Gasteiger partial charge in [-0.05, 0) is 56.6 Å². The van der Waals surface area contributed by atoms with Crippen LogP contribution in [0.1, 0.15) is 67.7 Å². The van der Waals surface area contributed by atoms with Crippen molar-refractivity contribution < 1.29 is 19.5 Å². The second-order valence-corrected chi connectivity index (χ2v) is 16.3. The summed E-state index contributed by atoms with van der Waals surface area (Å²) in [7, 11) is 0. The SMILES string of the molecule is C=CCN(C(=O)[C@@H]1[C@H]2C(=O)N([C@@H](CO)C(C)C)C(C(=O)N(CC=C)C(C)(C)CC(C)(C)C)C23CC[C@H]1S3)c1ccccc1. The van der Waals surface area contributed by atoms with Gasteiger partial charge in [0.15, 0.2) is 0 Å². The third-order valence-electron chi connectivity index (χ3n) is 9.49. The van der Waals surface area contributed by atoms with Crippen molar-refractivity contribution in [1.82, 2.24) is 9.80 Å². The Balaban J connectivity index is 1.83. The molecule has 3 heterocycles. The van der Waals surface area contributed by atoms with Gasteiger partial charge in [0.25, 0.3) is 0 Å². The number of fused-ring (bicyclic) bond motifs is 1. The lowest BCUT2D eigenvalue weighted by Gasteiger charge is -2.47. The quantitative estimate of drug-likeness (QED) is 0.315. The summed E-state index contributed by atoms with van der Waals surface area (Å²) in [6.45, 7) is 22.9. The van der Waals surface area contributed by atoms with Crippen LogP contribution in [0.5, 0.6) is 0 Å². The second kappa shape index (κ2) is 12.4. The minimum atomic E-state index is -0.777. The van der Waals surface area contributed by atoms with Crippen molar-refractivity contribution in [1.29, 1.82) is 0 Å². The van der Waals surface area contributed by atoms with Crippen LogP contribution >= 0.6 is 11.8 Å². The molecule has 6 atom stereocenters. The number of carbonyl (C=O) groups excluding carboxylic acids is 3. The van der Waals surface area contributed by atoms with Crippen molar-refractivity contribution in [3.8, 4) is 0 Å². The lowest BCUT2D eigenvalue weighted by molar-refractivity contribution is -0.150. The normalized spacial score (nSPS) is 27.3. The predicted octanol–water partition coefficient (Wildman–Crippen LogP) is 5.54. The van der Waals surface area contributed by atoms with Gasteiger partial charge >= 0.3 is 0 Å². The molecule has 1 spiro atoms. The van der Waals surface area contributed by atoms with Gasteiger partial charge in [-0.2, -0.15) is 0 Å². The molecule has 3 fully saturated rings. The Morgan fingerprint density at radius 1 is 1.09 bits per heavy atom. The summed E-state index contributed by atoms with van der Waals surface area (Å²) in [6, 6.07) is 8.19. The van der Waals surface area contributed by atoms with Crippen molar-refractivity contribution in [2.24, 2.45) is 23.2 Å². The zero-order valence-corrected chi connectivity index (χ0v) is 27.9. The molecule has 3 saturated heterocycles. The van der Waals surface area contributed by atoms with Crippen LogP contribution in [0.15, 0.2) is 55.6 Å². The second-order valence-electron chi connectivity index (χ2n) is 14.7. The van der Waals surface area contributed by atoms with E-state index in [2.05, 4.69) is 47.8 Å². The minimum Gasteiger partial charge on any atom is -0.394 e. The fourth-order valence-corrected chi connectivity index (χ4v) is 10.4. The van der Waals surface area contributed by atoms with Crippen molar-refractivity contribution in [2.45, 2.75) is 95.3 Å². The number of carbonyl (C=O) groups is 3. The van der Waals surface area contributed by atoms with Crippen LogP contribution in [0.25, 0.3) is 0 Å². The average molecular weight is 610 g/mol. The number of hydrogen-bond acceptors (Lipinski definition) is 5. The van der Waals surface area contributed by atoms with Crippen molar-refractivity contribution in [2.75, 3.05) is 24.6 Å². The third kappa shape index (κ3) is 5.94. The summed E-state index contributed by atoms with van der Waals surface area (Å²) in [5, 5.41) is 10.6. The van der Waals surface area contributed by atoms with Crippen molar-refractivity contribution in [3.05, 3.63) is 55.6 Å².